The van der Waals surface area contributed by atoms with Crippen molar-refractivity contribution in [2.45, 2.75) is 0 Å². The summed E-state index contributed by atoms with van der Waals surface area (Å²) in [6.07, 6.45) is 0. The van der Waals surface area contributed by atoms with Crippen molar-refractivity contribution >= 4 is 49.2 Å². The molecule has 76 valence electrons. The van der Waals surface area contributed by atoms with Crippen LogP contribution in [0, 0.1) is 0 Å². The summed E-state index contributed by atoms with van der Waals surface area (Å²) in [5.74, 6) is 0.416. The molecule has 0 saturated carbocycles. The molecule has 14 heavy (non-hydrogen) atoms. The van der Waals surface area contributed by atoms with Gasteiger partial charge in [-0.05, 0) is 28.1 Å². The molecule has 0 amide bonds. The molecule has 2 nitrogen and oxygen atoms in total. The molecule has 0 aromatic heterocycles. The number of halogens is 3. The second-order valence-electron chi connectivity index (χ2n) is 2.50. The van der Waals surface area contributed by atoms with Crippen molar-refractivity contribution in [3.05, 3.63) is 27.2 Å². The van der Waals surface area contributed by atoms with E-state index in [4.69, 9.17) is 16.3 Å². The number of Topliss-reactive ketones (excluding diaryl/α,β-unsaturated/α-hetero) is 1. The molecule has 0 atom stereocenters. The quantitative estimate of drug-likeness (QED) is 0.619. The minimum atomic E-state index is -0.0687. The monoisotopic (exact) mass is 340 g/mol. The number of ether oxygens (including phenoxy) is 1. The average molecular weight is 342 g/mol. The van der Waals surface area contributed by atoms with E-state index in [0.717, 1.165) is 4.47 Å². The van der Waals surface area contributed by atoms with Crippen molar-refractivity contribution in [2.75, 3.05) is 12.4 Å². The first-order chi connectivity index (χ1) is 6.61. The number of carbonyl (C=O) groups is 1. The van der Waals surface area contributed by atoms with E-state index in [1.54, 1.807) is 12.1 Å². The Kier molecular flexibility index (Phi) is 4.41. The third-order valence-corrected chi connectivity index (χ3v) is 3.18. The summed E-state index contributed by atoms with van der Waals surface area (Å²) in [6.45, 7) is 0. The highest BCUT2D eigenvalue weighted by atomic mass is 79.9. The van der Waals surface area contributed by atoms with Gasteiger partial charge in [0.15, 0.2) is 11.5 Å². The molecule has 0 aliphatic heterocycles. The predicted molar refractivity (Wildman–Crippen MR) is 63.8 cm³/mol. The number of ketones is 1. The molecular formula is C9H7Br2ClO2. The van der Waals surface area contributed by atoms with Gasteiger partial charge in [0.25, 0.3) is 0 Å². The van der Waals surface area contributed by atoms with Gasteiger partial charge in [0, 0.05) is 5.56 Å². The molecule has 0 bridgehead atoms. The zero-order valence-electron chi connectivity index (χ0n) is 7.31. The second-order valence-corrected chi connectivity index (χ2v) is 4.29. The van der Waals surface area contributed by atoms with Crippen LogP contribution in [-0.2, 0) is 0 Å². The van der Waals surface area contributed by atoms with Gasteiger partial charge < -0.3 is 4.74 Å². The highest BCUT2D eigenvalue weighted by Crippen LogP contribution is 2.35. The van der Waals surface area contributed by atoms with E-state index in [-0.39, 0.29) is 11.1 Å². The Hall–Kier alpha value is -0.0600. The molecule has 1 aromatic rings. The highest BCUT2D eigenvalue weighted by Gasteiger charge is 2.15. The van der Waals surface area contributed by atoms with Gasteiger partial charge in [0.1, 0.15) is 0 Å². The standard InChI is InChI=1S/C9H7Br2ClO2/c1-14-9-6(11)3-2-5(8(9)12)7(13)4-10/h2-3H,4H2,1H3. The summed E-state index contributed by atoms with van der Waals surface area (Å²) in [7, 11) is 1.51. The van der Waals surface area contributed by atoms with E-state index in [0.29, 0.717) is 16.3 Å². The lowest BCUT2D eigenvalue weighted by Gasteiger charge is -2.08. The van der Waals surface area contributed by atoms with Crippen LogP contribution < -0.4 is 4.74 Å². The summed E-state index contributed by atoms with van der Waals surface area (Å²) in [5.41, 5.74) is 0.462. The van der Waals surface area contributed by atoms with Gasteiger partial charge in [0.2, 0.25) is 0 Å². The lowest BCUT2D eigenvalue weighted by Crippen LogP contribution is -2.02. The Bertz CT molecular complexity index is 366. The molecule has 0 radical (unpaired) electrons. The fourth-order valence-corrected chi connectivity index (χ4v) is 2.26. The van der Waals surface area contributed by atoms with E-state index in [1.807, 2.05) is 0 Å². The summed E-state index contributed by atoms with van der Waals surface area (Å²) < 4.78 is 5.80. The van der Waals surface area contributed by atoms with Gasteiger partial charge >= 0.3 is 0 Å². The van der Waals surface area contributed by atoms with Crippen LogP contribution in [0.2, 0.25) is 5.02 Å². The van der Waals surface area contributed by atoms with Crippen molar-refractivity contribution in [1.29, 1.82) is 0 Å². The summed E-state index contributed by atoms with van der Waals surface area (Å²) in [4.78, 5) is 11.4. The Labute approximate surface area is 104 Å². The smallest absolute Gasteiger partial charge is 0.175 e. The van der Waals surface area contributed by atoms with Crippen molar-refractivity contribution in [3.8, 4) is 5.75 Å². The maximum atomic E-state index is 11.4. The zero-order valence-corrected chi connectivity index (χ0v) is 11.2. The first kappa shape index (κ1) is 12.0. The maximum absolute atomic E-state index is 11.4. The SMILES string of the molecule is COc1c(Br)ccc(C(=O)CBr)c1Cl. The van der Waals surface area contributed by atoms with E-state index in [1.165, 1.54) is 7.11 Å². The minimum Gasteiger partial charge on any atom is -0.494 e. The van der Waals surface area contributed by atoms with Crippen LogP contribution >= 0.6 is 43.5 Å². The van der Waals surface area contributed by atoms with Crippen LogP contribution in [0.4, 0.5) is 0 Å². The lowest BCUT2D eigenvalue weighted by molar-refractivity contribution is 0.102. The zero-order chi connectivity index (χ0) is 10.7. The Morgan fingerprint density at radius 3 is 2.71 bits per heavy atom. The first-order valence-corrected chi connectivity index (χ1v) is 6.02. The molecule has 0 aliphatic rings. The number of methoxy groups -OCH3 is 1. The van der Waals surface area contributed by atoms with Gasteiger partial charge in [-0.3, -0.25) is 4.79 Å². The lowest BCUT2D eigenvalue weighted by atomic mass is 10.1. The fraction of sp³-hybridized carbons (Fsp3) is 0.222. The Morgan fingerprint density at radius 2 is 2.21 bits per heavy atom. The Morgan fingerprint density at radius 1 is 1.57 bits per heavy atom. The maximum Gasteiger partial charge on any atom is 0.175 e. The van der Waals surface area contributed by atoms with E-state index in [9.17, 15) is 4.79 Å². The van der Waals surface area contributed by atoms with E-state index >= 15 is 0 Å². The van der Waals surface area contributed by atoms with Gasteiger partial charge in [-0.2, -0.15) is 0 Å². The van der Waals surface area contributed by atoms with Gasteiger partial charge in [-0.15, -0.1) is 0 Å². The number of hydrogen-bond acceptors (Lipinski definition) is 2. The number of alkyl halides is 1. The third kappa shape index (κ3) is 2.30. The molecule has 0 heterocycles. The van der Waals surface area contributed by atoms with Crippen molar-refractivity contribution in [2.24, 2.45) is 0 Å². The molecular weight excluding hydrogens is 335 g/mol. The van der Waals surface area contributed by atoms with Gasteiger partial charge in [-0.1, -0.05) is 27.5 Å². The van der Waals surface area contributed by atoms with Crippen LogP contribution in [0.25, 0.3) is 0 Å². The minimum absolute atomic E-state index is 0.0687. The van der Waals surface area contributed by atoms with Crippen LogP contribution in [0.15, 0.2) is 16.6 Å². The van der Waals surface area contributed by atoms with Crippen molar-refractivity contribution in [3.63, 3.8) is 0 Å². The van der Waals surface area contributed by atoms with Gasteiger partial charge in [-0.25, -0.2) is 0 Å². The molecule has 0 unspecified atom stereocenters. The van der Waals surface area contributed by atoms with Crippen LogP contribution in [0.1, 0.15) is 10.4 Å². The van der Waals surface area contributed by atoms with Crippen LogP contribution in [0.3, 0.4) is 0 Å². The third-order valence-electron chi connectivity index (χ3n) is 1.67. The summed E-state index contributed by atoms with van der Waals surface area (Å²) >= 11 is 12.4. The molecule has 1 rings (SSSR count). The number of carbonyl (C=O) groups excluding carboxylic acids is 1. The number of benzene rings is 1. The van der Waals surface area contributed by atoms with E-state index < -0.39 is 0 Å². The van der Waals surface area contributed by atoms with E-state index in [2.05, 4.69) is 31.9 Å². The first-order valence-electron chi connectivity index (χ1n) is 3.73. The fourth-order valence-electron chi connectivity index (χ4n) is 1.01. The topological polar surface area (TPSA) is 26.3 Å². The molecule has 0 saturated heterocycles. The van der Waals surface area contributed by atoms with Gasteiger partial charge in [0.05, 0.1) is 21.9 Å². The van der Waals surface area contributed by atoms with Crippen LogP contribution in [0.5, 0.6) is 5.75 Å². The van der Waals surface area contributed by atoms with Crippen molar-refractivity contribution < 1.29 is 9.53 Å². The second kappa shape index (κ2) is 5.14. The summed E-state index contributed by atoms with van der Waals surface area (Å²) in [5, 5.41) is 0.587. The molecule has 0 aliphatic carbocycles. The van der Waals surface area contributed by atoms with Crippen molar-refractivity contribution in [1.82, 2.24) is 0 Å². The predicted octanol–water partition coefficient (Wildman–Crippen LogP) is 3.69. The molecule has 0 N–H and O–H groups in total. The average Bonchev–Trinajstić information content (AvgIpc) is 2.18. The molecule has 1 aromatic carbocycles. The normalized spacial score (nSPS) is 10.0. The number of hydrogen-bond donors (Lipinski definition) is 0. The largest absolute Gasteiger partial charge is 0.494 e. The summed E-state index contributed by atoms with van der Waals surface area (Å²) in [6, 6.07) is 3.40. The molecule has 0 fully saturated rings. The number of rotatable bonds is 3. The molecule has 5 heteroatoms. The highest BCUT2D eigenvalue weighted by molar-refractivity contribution is 9.10. The molecule has 0 spiro atoms. The van der Waals surface area contributed by atoms with Crippen LogP contribution in [-0.4, -0.2) is 18.2 Å². The Balaban J connectivity index is 3.28.